The second-order valence-corrected chi connectivity index (χ2v) is 9.38. The van der Waals surface area contributed by atoms with E-state index in [0.717, 1.165) is 40.6 Å². The van der Waals surface area contributed by atoms with Gasteiger partial charge >= 0.3 is 0 Å². The van der Waals surface area contributed by atoms with Crippen LogP contribution in [0.15, 0.2) is 79.0 Å². The molecule has 1 heterocycles. The Morgan fingerprint density at radius 3 is 2.51 bits per heavy atom. The van der Waals surface area contributed by atoms with Crippen molar-refractivity contribution < 1.29 is 9.59 Å². The molecule has 5 rings (SSSR count). The molecule has 35 heavy (non-hydrogen) atoms. The van der Waals surface area contributed by atoms with Crippen molar-refractivity contribution in [1.29, 1.82) is 0 Å². The SMILES string of the molecule is CN(C)c1ccc(C(CNC(=O)c2cccc(NC(=O)C3CC3)c2)c2c[nH]c3ccccc23)cc1. The van der Waals surface area contributed by atoms with E-state index < -0.39 is 0 Å². The first-order valence-electron chi connectivity index (χ1n) is 12.0. The van der Waals surface area contributed by atoms with Crippen LogP contribution in [0.4, 0.5) is 11.4 Å². The molecule has 1 aromatic heterocycles. The quantitative estimate of drug-likeness (QED) is 0.336. The highest BCUT2D eigenvalue weighted by atomic mass is 16.2. The van der Waals surface area contributed by atoms with Crippen molar-refractivity contribution >= 4 is 34.1 Å². The predicted molar refractivity (Wildman–Crippen MR) is 141 cm³/mol. The molecule has 6 nitrogen and oxygen atoms in total. The Kier molecular flexibility index (Phi) is 6.27. The summed E-state index contributed by atoms with van der Waals surface area (Å²) in [5, 5.41) is 7.19. The molecule has 2 amide bonds. The lowest BCUT2D eigenvalue weighted by Crippen LogP contribution is -2.29. The van der Waals surface area contributed by atoms with Crippen molar-refractivity contribution in [3.8, 4) is 0 Å². The van der Waals surface area contributed by atoms with E-state index in [1.165, 1.54) is 0 Å². The van der Waals surface area contributed by atoms with E-state index in [2.05, 4.69) is 56.9 Å². The summed E-state index contributed by atoms with van der Waals surface area (Å²) < 4.78 is 0. The minimum absolute atomic E-state index is 0.0240. The number of hydrogen-bond donors (Lipinski definition) is 3. The van der Waals surface area contributed by atoms with Crippen LogP contribution < -0.4 is 15.5 Å². The Balaban J connectivity index is 1.38. The number of aromatic nitrogens is 1. The van der Waals surface area contributed by atoms with Gasteiger partial charge in [0.05, 0.1) is 0 Å². The molecule has 1 aliphatic carbocycles. The van der Waals surface area contributed by atoms with Crippen LogP contribution in [0.3, 0.4) is 0 Å². The van der Waals surface area contributed by atoms with Crippen molar-refractivity contribution in [2.24, 2.45) is 5.92 Å². The standard InChI is InChI=1S/C29H30N4O2/c1-33(2)23-14-12-19(13-15-23)25(26-18-30-27-9-4-3-8-24(26)27)17-31-28(34)21-6-5-7-22(16-21)32-29(35)20-10-11-20/h3-9,12-16,18,20,25,30H,10-11,17H2,1-2H3,(H,31,34)(H,32,35). The van der Waals surface area contributed by atoms with Gasteiger partial charge in [-0.1, -0.05) is 36.4 Å². The van der Waals surface area contributed by atoms with Crippen LogP contribution in [0, 0.1) is 5.92 Å². The zero-order valence-electron chi connectivity index (χ0n) is 20.0. The Morgan fingerprint density at radius 1 is 1.00 bits per heavy atom. The molecule has 178 valence electrons. The number of carbonyl (C=O) groups excluding carboxylic acids is 2. The largest absolute Gasteiger partial charge is 0.378 e. The molecule has 0 spiro atoms. The zero-order valence-corrected chi connectivity index (χ0v) is 20.0. The lowest BCUT2D eigenvalue weighted by atomic mass is 9.90. The Bertz CT molecular complexity index is 1350. The van der Waals surface area contributed by atoms with Crippen molar-refractivity contribution in [3.05, 3.63) is 95.7 Å². The van der Waals surface area contributed by atoms with Gasteiger partial charge in [-0.25, -0.2) is 0 Å². The number of benzene rings is 3. The molecular formula is C29H30N4O2. The maximum atomic E-state index is 13.1. The van der Waals surface area contributed by atoms with Crippen LogP contribution in [-0.2, 0) is 4.79 Å². The first kappa shape index (κ1) is 22.7. The number of H-pyrrole nitrogens is 1. The molecule has 1 unspecified atom stereocenters. The van der Waals surface area contributed by atoms with E-state index in [9.17, 15) is 9.59 Å². The number of hydrogen-bond acceptors (Lipinski definition) is 3. The van der Waals surface area contributed by atoms with Gasteiger partial charge in [0.2, 0.25) is 5.91 Å². The fraction of sp³-hybridized carbons (Fsp3) is 0.241. The molecule has 3 aromatic carbocycles. The average Bonchev–Trinajstić information content (AvgIpc) is 3.65. The number of carbonyl (C=O) groups is 2. The molecule has 0 saturated heterocycles. The minimum atomic E-state index is -0.165. The number of aromatic amines is 1. The van der Waals surface area contributed by atoms with Crippen LogP contribution in [0.1, 0.15) is 40.2 Å². The van der Waals surface area contributed by atoms with Gasteiger partial charge in [0.1, 0.15) is 0 Å². The Morgan fingerprint density at radius 2 is 1.77 bits per heavy atom. The minimum Gasteiger partial charge on any atom is -0.378 e. The third-order valence-corrected chi connectivity index (χ3v) is 6.62. The molecule has 4 aromatic rings. The lowest BCUT2D eigenvalue weighted by molar-refractivity contribution is -0.117. The highest BCUT2D eigenvalue weighted by molar-refractivity contribution is 5.98. The first-order chi connectivity index (χ1) is 17.0. The van der Waals surface area contributed by atoms with Gasteiger partial charge in [-0.3, -0.25) is 9.59 Å². The van der Waals surface area contributed by atoms with Gasteiger partial charge in [-0.05, 0) is 60.4 Å². The maximum Gasteiger partial charge on any atom is 0.251 e. The third-order valence-electron chi connectivity index (χ3n) is 6.62. The van der Waals surface area contributed by atoms with Crippen molar-refractivity contribution in [2.75, 3.05) is 30.9 Å². The molecule has 0 bridgehead atoms. The van der Waals surface area contributed by atoms with Crippen molar-refractivity contribution in [2.45, 2.75) is 18.8 Å². The normalized spacial score (nSPS) is 13.9. The number of nitrogens with one attached hydrogen (secondary N) is 3. The summed E-state index contributed by atoms with van der Waals surface area (Å²) in [7, 11) is 4.04. The van der Waals surface area contributed by atoms with E-state index in [1.54, 1.807) is 18.2 Å². The van der Waals surface area contributed by atoms with Crippen molar-refractivity contribution in [3.63, 3.8) is 0 Å². The van der Waals surface area contributed by atoms with E-state index in [0.29, 0.717) is 17.8 Å². The zero-order chi connectivity index (χ0) is 24.4. The fourth-order valence-corrected chi connectivity index (χ4v) is 4.42. The number of anilines is 2. The summed E-state index contributed by atoms with van der Waals surface area (Å²) in [5.41, 5.74) is 5.65. The highest BCUT2D eigenvalue weighted by Gasteiger charge is 2.29. The second kappa shape index (κ2) is 9.66. The van der Waals surface area contributed by atoms with Crippen LogP contribution >= 0.6 is 0 Å². The number of para-hydroxylation sites is 1. The van der Waals surface area contributed by atoms with Gasteiger partial charge in [-0.2, -0.15) is 0 Å². The second-order valence-electron chi connectivity index (χ2n) is 9.38. The molecular weight excluding hydrogens is 436 g/mol. The van der Waals surface area contributed by atoms with Crippen LogP contribution in [-0.4, -0.2) is 37.4 Å². The molecule has 0 aliphatic heterocycles. The number of amides is 2. The summed E-state index contributed by atoms with van der Waals surface area (Å²) >= 11 is 0. The predicted octanol–water partition coefficient (Wildman–Crippen LogP) is 5.14. The van der Waals surface area contributed by atoms with E-state index >= 15 is 0 Å². The van der Waals surface area contributed by atoms with E-state index in [-0.39, 0.29) is 23.7 Å². The molecule has 3 N–H and O–H groups in total. The Labute approximate surface area is 205 Å². The van der Waals surface area contributed by atoms with Gasteiger partial charge in [-0.15, -0.1) is 0 Å². The smallest absolute Gasteiger partial charge is 0.251 e. The Hall–Kier alpha value is -4.06. The monoisotopic (exact) mass is 466 g/mol. The van der Waals surface area contributed by atoms with Crippen molar-refractivity contribution in [1.82, 2.24) is 10.3 Å². The van der Waals surface area contributed by atoms with Crippen LogP contribution in [0.5, 0.6) is 0 Å². The number of rotatable bonds is 8. The fourth-order valence-electron chi connectivity index (χ4n) is 4.42. The van der Waals surface area contributed by atoms with Crippen LogP contribution in [0.25, 0.3) is 10.9 Å². The molecule has 0 radical (unpaired) electrons. The summed E-state index contributed by atoms with van der Waals surface area (Å²) in [6.45, 7) is 0.445. The highest BCUT2D eigenvalue weighted by Crippen LogP contribution is 2.32. The van der Waals surface area contributed by atoms with E-state index in [4.69, 9.17) is 0 Å². The van der Waals surface area contributed by atoms with Crippen LogP contribution in [0.2, 0.25) is 0 Å². The summed E-state index contributed by atoms with van der Waals surface area (Å²) in [4.78, 5) is 30.7. The average molecular weight is 467 g/mol. The van der Waals surface area contributed by atoms with Gasteiger partial charge in [0, 0.05) is 66.5 Å². The molecule has 6 heteroatoms. The van der Waals surface area contributed by atoms with Gasteiger partial charge in [0.15, 0.2) is 0 Å². The molecule has 1 aliphatic rings. The van der Waals surface area contributed by atoms with Gasteiger partial charge < -0.3 is 20.5 Å². The van der Waals surface area contributed by atoms with Gasteiger partial charge in [0.25, 0.3) is 5.91 Å². The topological polar surface area (TPSA) is 77.2 Å². The molecule has 1 atom stereocenters. The third kappa shape index (κ3) is 5.06. The summed E-state index contributed by atoms with van der Waals surface area (Å²) in [6, 6.07) is 23.8. The maximum absolute atomic E-state index is 13.1. The molecule has 1 fully saturated rings. The molecule has 1 saturated carbocycles. The first-order valence-corrected chi connectivity index (χ1v) is 12.0. The summed E-state index contributed by atoms with van der Waals surface area (Å²) in [6.07, 6.45) is 3.92. The summed E-state index contributed by atoms with van der Waals surface area (Å²) in [5.74, 6) is -0.0437. The lowest BCUT2D eigenvalue weighted by Gasteiger charge is -2.20. The number of fused-ring (bicyclic) bond motifs is 1. The van der Waals surface area contributed by atoms with E-state index in [1.807, 2.05) is 38.5 Å². The number of nitrogens with zero attached hydrogens (tertiary/aromatic N) is 1.